The largest absolute Gasteiger partial charge is 0.395 e. The van der Waals surface area contributed by atoms with Crippen molar-refractivity contribution in [3.63, 3.8) is 0 Å². The maximum Gasteiger partial charge on any atom is 0.0586 e. The Kier molecular flexibility index (Phi) is 4.46. The van der Waals surface area contributed by atoms with Gasteiger partial charge in [-0.3, -0.25) is 4.90 Å². The molecule has 2 nitrogen and oxygen atoms in total. The van der Waals surface area contributed by atoms with Crippen LogP contribution in [0.3, 0.4) is 0 Å². The molecule has 1 atom stereocenters. The van der Waals surface area contributed by atoms with Crippen LogP contribution in [0, 0.1) is 0 Å². The van der Waals surface area contributed by atoms with Crippen molar-refractivity contribution >= 4 is 0 Å². The Labute approximate surface area is 81.2 Å². The Balaban J connectivity index is 2.24. The molecule has 13 heavy (non-hydrogen) atoms. The molecule has 0 amide bonds. The molecular weight excluding hydrogens is 162 g/mol. The van der Waals surface area contributed by atoms with E-state index in [-0.39, 0.29) is 0 Å². The summed E-state index contributed by atoms with van der Waals surface area (Å²) >= 11 is 0. The zero-order valence-electron chi connectivity index (χ0n) is 8.79. The maximum atomic E-state index is 9.09. The summed E-state index contributed by atoms with van der Waals surface area (Å²) < 4.78 is 0. The molecule has 1 aliphatic rings. The Morgan fingerprint density at radius 2 is 2.31 bits per heavy atom. The molecule has 0 saturated carbocycles. The summed E-state index contributed by atoms with van der Waals surface area (Å²) in [6.45, 7) is 6.87. The van der Waals surface area contributed by atoms with Gasteiger partial charge < -0.3 is 5.11 Å². The predicted molar refractivity (Wildman–Crippen MR) is 55.7 cm³/mol. The van der Waals surface area contributed by atoms with E-state index in [9.17, 15) is 0 Å². The van der Waals surface area contributed by atoms with Crippen molar-refractivity contribution < 1.29 is 5.11 Å². The van der Waals surface area contributed by atoms with Crippen molar-refractivity contribution in [1.29, 1.82) is 0 Å². The number of aliphatic hydroxyl groups excluding tert-OH is 1. The van der Waals surface area contributed by atoms with E-state index in [2.05, 4.69) is 24.8 Å². The van der Waals surface area contributed by atoms with E-state index in [0.29, 0.717) is 12.6 Å². The van der Waals surface area contributed by atoms with Gasteiger partial charge in [-0.1, -0.05) is 11.6 Å². The summed E-state index contributed by atoms with van der Waals surface area (Å²) in [5, 5.41) is 9.09. The summed E-state index contributed by atoms with van der Waals surface area (Å²) in [6.07, 6.45) is 5.82. The number of nitrogens with zero attached hydrogens (tertiary/aromatic N) is 1. The average molecular weight is 183 g/mol. The topological polar surface area (TPSA) is 23.5 Å². The lowest BCUT2D eigenvalue weighted by atomic mass is 10.2. The second-order valence-corrected chi connectivity index (χ2v) is 4.08. The van der Waals surface area contributed by atoms with Crippen LogP contribution in [-0.4, -0.2) is 35.7 Å². The molecule has 0 aromatic heterocycles. The molecule has 1 unspecified atom stereocenters. The Bertz CT molecular complexity index is 173. The predicted octanol–water partition coefficient (Wildman–Crippen LogP) is 1.80. The van der Waals surface area contributed by atoms with Crippen LogP contribution >= 0.6 is 0 Å². The first-order valence-electron chi connectivity index (χ1n) is 5.22. The molecule has 0 radical (unpaired) electrons. The van der Waals surface area contributed by atoms with Gasteiger partial charge in [0.15, 0.2) is 0 Å². The number of rotatable bonds is 4. The lowest BCUT2D eigenvalue weighted by molar-refractivity contribution is 0.161. The standard InChI is InChI=1S/C11H21NO/c1-10(2)5-3-7-12-8-4-6-11(12)9-13/h5,11,13H,3-4,6-9H2,1-2H3. The van der Waals surface area contributed by atoms with E-state index in [1.165, 1.54) is 25.0 Å². The Morgan fingerprint density at radius 3 is 2.92 bits per heavy atom. The molecule has 1 fully saturated rings. The number of aliphatic hydroxyl groups is 1. The second kappa shape index (κ2) is 5.40. The van der Waals surface area contributed by atoms with Gasteiger partial charge >= 0.3 is 0 Å². The highest BCUT2D eigenvalue weighted by Gasteiger charge is 2.22. The second-order valence-electron chi connectivity index (χ2n) is 4.08. The zero-order chi connectivity index (χ0) is 9.68. The molecule has 0 bridgehead atoms. The summed E-state index contributed by atoms with van der Waals surface area (Å²) in [7, 11) is 0. The number of allylic oxidation sites excluding steroid dienone is 1. The molecule has 1 saturated heterocycles. The lowest BCUT2D eigenvalue weighted by Crippen LogP contribution is -2.32. The van der Waals surface area contributed by atoms with Gasteiger partial charge in [0.2, 0.25) is 0 Å². The smallest absolute Gasteiger partial charge is 0.0586 e. The van der Waals surface area contributed by atoms with E-state index < -0.39 is 0 Å². The fraction of sp³-hybridized carbons (Fsp3) is 0.818. The van der Waals surface area contributed by atoms with Crippen molar-refractivity contribution in [3.8, 4) is 0 Å². The van der Waals surface area contributed by atoms with Crippen LogP contribution in [0.25, 0.3) is 0 Å². The quantitative estimate of drug-likeness (QED) is 0.672. The fourth-order valence-electron chi connectivity index (χ4n) is 1.92. The highest BCUT2D eigenvalue weighted by molar-refractivity contribution is 4.93. The van der Waals surface area contributed by atoms with E-state index in [1.54, 1.807) is 0 Å². The third kappa shape index (κ3) is 3.49. The molecule has 0 spiro atoms. The number of hydrogen-bond acceptors (Lipinski definition) is 2. The normalized spacial score (nSPS) is 23.5. The van der Waals surface area contributed by atoms with Crippen molar-refractivity contribution in [2.75, 3.05) is 19.7 Å². The van der Waals surface area contributed by atoms with Gasteiger partial charge in [-0.05, 0) is 39.7 Å². The van der Waals surface area contributed by atoms with Crippen molar-refractivity contribution in [2.24, 2.45) is 0 Å². The molecule has 1 N–H and O–H groups in total. The lowest BCUT2D eigenvalue weighted by Gasteiger charge is -2.21. The molecule has 76 valence electrons. The molecule has 0 aromatic carbocycles. The van der Waals surface area contributed by atoms with Gasteiger partial charge in [0.1, 0.15) is 0 Å². The van der Waals surface area contributed by atoms with Gasteiger partial charge in [-0.25, -0.2) is 0 Å². The van der Waals surface area contributed by atoms with Crippen LogP contribution in [0.15, 0.2) is 11.6 Å². The Morgan fingerprint density at radius 1 is 1.54 bits per heavy atom. The Hall–Kier alpha value is -0.340. The third-order valence-corrected chi connectivity index (χ3v) is 2.68. The van der Waals surface area contributed by atoms with Crippen LogP contribution < -0.4 is 0 Å². The molecule has 1 heterocycles. The first-order valence-corrected chi connectivity index (χ1v) is 5.22. The minimum atomic E-state index is 0.328. The van der Waals surface area contributed by atoms with Crippen molar-refractivity contribution in [2.45, 2.75) is 39.2 Å². The van der Waals surface area contributed by atoms with E-state index in [1.807, 2.05) is 0 Å². The molecule has 0 aliphatic carbocycles. The fourth-order valence-corrected chi connectivity index (χ4v) is 1.92. The summed E-state index contributed by atoms with van der Waals surface area (Å²) in [5.41, 5.74) is 1.39. The van der Waals surface area contributed by atoms with E-state index in [0.717, 1.165) is 13.0 Å². The first-order chi connectivity index (χ1) is 6.24. The first kappa shape index (κ1) is 10.7. The van der Waals surface area contributed by atoms with Crippen LogP contribution in [0.5, 0.6) is 0 Å². The monoisotopic (exact) mass is 183 g/mol. The van der Waals surface area contributed by atoms with Gasteiger partial charge in [0, 0.05) is 12.6 Å². The molecule has 0 aromatic rings. The zero-order valence-corrected chi connectivity index (χ0v) is 8.79. The number of hydrogen-bond donors (Lipinski definition) is 1. The van der Waals surface area contributed by atoms with Gasteiger partial charge in [-0.2, -0.15) is 0 Å². The average Bonchev–Trinajstić information content (AvgIpc) is 2.51. The van der Waals surface area contributed by atoms with Crippen LogP contribution in [0.2, 0.25) is 0 Å². The highest BCUT2D eigenvalue weighted by atomic mass is 16.3. The van der Waals surface area contributed by atoms with Gasteiger partial charge in [0.05, 0.1) is 6.61 Å². The molecular formula is C11H21NO. The highest BCUT2D eigenvalue weighted by Crippen LogP contribution is 2.16. The minimum Gasteiger partial charge on any atom is -0.395 e. The van der Waals surface area contributed by atoms with Crippen LogP contribution in [0.1, 0.15) is 33.1 Å². The minimum absolute atomic E-state index is 0.328. The molecule has 1 aliphatic heterocycles. The van der Waals surface area contributed by atoms with Crippen molar-refractivity contribution in [1.82, 2.24) is 4.90 Å². The van der Waals surface area contributed by atoms with Crippen LogP contribution in [0.4, 0.5) is 0 Å². The molecule has 2 heteroatoms. The molecule has 1 rings (SSSR count). The van der Waals surface area contributed by atoms with Gasteiger partial charge in [-0.15, -0.1) is 0 Å². The maximum absolute atomic E-state index is 9.09. The summed E-state index contributed by atoms with van der Waals surface area (Å²) in [4.78, 5) is 2.40. The van der Waals surface area contributed by atoms with Crippen molar-refractivity contribution in [3.05, 3.63) is 11.6 Å². The van der Waals surface area contributed by atoms with E-state index >= 15 is 0 Å². The SMILES string of the molecule is CC(C)=CCCN1CCCC1CO. The van der Waals surface area contributed by atoms with E-state index in [4.69, 9.17) is 5.11 Å². The summed E-state index contributed by atoms with van der Waals surface area (Å²) in [6, 6.07) is 0.436. The van der Waals surface area contributed by atoms with Crippen LogP contribution in [-0.2, 0) is 0 Å². The van der Waals surface area contributed by atoms with Gasteiger partial charge in [0.25, 0.3) is 0 Å². The number of likely N-dealkylation sites (tertiary alicyclic amines) is 1. The summed E-state index contributed by atoms with van der Waals surface area (Å²) in [5.74, 6) is 0. The third-order valence-electron chi connectivity index (χ3n) is 2.68.